The van der Waals surface area contributed by atoms with Crippen molar-refractivity contribution in [1.29, 1.82) is 0 Å². The van der Waals surface area contributed by atoms with Gasteiger partial charge in [-0.3, -0.25) is 62.3 Å². The number of benzene rings is 1. The highest BCUT2D eigenvalue weighted by Crippen LogP contribution is 2.22. The number of unbranched alkanes of at least 4 members (excludes halogenated alkanes) is 6. The fourth-order valence-electron chi connectivity index (χ4n) is 13.7. The van der Waals surface area contributed by atoms with Gasteiger partial charge < -0.3 is 115 Å². The number of rotatable bonds is 63. The van der Waals surface area contributed by atoms with Gasteiger partial charge in [-0.15, -0.1) is 0 Å². The summed E-state index contributed by atoms with van der Waals surface area (Å²) in [6, 6.07) is -8.17. The Kier molecular flexibility index (Phi) is 51.6. The van der Waals surface area contributed by atoms with Crippen molar-refractivity contribution in [1.82, 2.24) is 68.8 Å². The van der Waals surface area contributed by atoms with Gasteiger partial charge in [-0.05, 0) is 234 Å². The van der Waals surface area contributed by atoms with E-state index >= 15 is 0 Å². The molecule has 2 rings (SSSR count). The third-order valence-electron chi connectivity index (χ3n) is 20.0. The number of aromatic amines is 1. The maximum atomic E-state index is 14.9. The van der Waals surface area contributed by atoms with Gasteiger partial charge >= 0.3 is 0 Å². The quantitative estimate of drug-likeness (QED) is 0.0416. The molecule has 34 heteroatoms. The maximum absolute atomic E-state index is 14.9. The molecular weight excluding hydrogens is 1500 g/mol. The Morgan fingerprint density at radius 3 is 0.752 bits per heavy atom. The lowest BCUT2D eigenvalue weighted by molar-refractivity contribution is -0.136. The highest BCUT2D eigenvalue weighted by molar-refractivity contribution is 6.00. The molecule has 666 valence electrons. The summed E-state index contributed by atoms with van der Waals surface area (Å²) in [5, 5.41) is 34.7. The van der Waals surface area contributed by atoms with Crippen molar-refractivity contribution in [3.8, 4) is 0 Å². The van der Waals surface area contributed by atoms with Crippen LogP contribution in [0.4, 0.5) is 0 Å². The number of primary amides is 1. The summed E-state index contributed by atoms with van der Waals surface area (Å²) in [6.07, 6.45) is 8.66. The lowest BCUT2D eigenvalue weighted by Crippen LogP contribution is -2.61. The predicted octanol–water partition coefficient (Wildman–Crippen LogP) is 1.39. The summed E-state index contributed by atoms with van der Waals surface area (Å²) in [5.74, 6) is -10.1. The molecule has 13 amide bonds. The van der Waals surface area contributed by atoms with Crippen LogP contribution >= 0.6 is 0 Å². The van der Waals surface area contributed by atoms with Gasteiger partial charge in [-0.2, -0.15) is 0 Å². The fourth-order valence-corrected chi connectivity index (χ4v) is 13.7. The summed E-state index contributed by atoms with van der Waals surface area (Å²) in [6.45, 7) is 23.9. The molecule has 29 N–H and O–H groups in total. The first kappa shape index (κ1) is 105. The van der Waals surface area contributed by atoms with Crippen LogP contribution in [-0.2, 0) is 68.7 Å². The van der Waals surface area contributed by atoms with Gasteiger partial charge in [0.2, 0.25) is 76.8 Å². The number of nitrogens with one attached hydrogen (secondary N) is 13. The number of H-pyrrole nitrogens is 1. The Balaban J connectivity index is 2.57. The second-order valence-corrected chi connectivity index (χ2v) is 33.8. The minimum Gasteiger partial charge on any atom is -0.368 e. The van der Waals surface area contributed by atoms with Gasteiger partial charge in [-0.1, -0.05) is 108 Å². The van der Waals surface area contributed by atoms with E-state index in [1.807, 2.05) is 107 Å². The molecule has 1 aromatic carbocycles. The van der Waals surface area contributed by atoms with Crippen LogP contribution in [0.25, 0.3) is 10.9 Å². The first-order chi connectivity index (χ1) is 55.4. The molecule has 0 unspecified atom stereocenters. The summed E-state index contributed by atoms with van der Waals surface area (Å²) >= 11 is 0. The van der Waals surface area contributed by atoms with E-state index in [0.29, 0.717) is 96.6 Å². The second kappa shape index (κ2) is 57.7. The lowest BCUT2D eigenvalue weighted by Gasteiger charge is -2.30. The number of para-hydroxylation sites is 1. The summed E-state index contributed by atoms with van der Waals surface area (Å²) in [5.41, 5.74) is 48.8. The smallest absolute Gasteiger partial charge is 0.243 e. The van der Waals surface area contributed by atoms with Crippen LogP contribution in [0.3, 0.4) is 0 Å². The van der Waals surface area contributed by atoms with Gasteiger partial charge in [0.1, 0.15) is 72.5 Å². The van der Waals surface area contributed by atoms with Crippen molar-refractivity contribution < 1.29 is 62.3 Å². The molecule has 0 saturated heterocycles. The number of carbonyl (C=O) groups excluding carboxylic acids is 13. The highest BCUT2D eigenvalue weighted by Gasteiger charge is 2.39. The average molecular weight is 1650 g/mol. The van der Waals surface area contributed by atoms with E-state index in [4.69, 9.17) is 45.9 Å². The molecule has 13 atom stereocenters. The number of fused-ring (bicyclic) bond motifs is 1. The van der Waals surface area contributed by atoms with Crippen molar-refractivity contribution in [2.24, 2.45) is 81.4 Å². The summed E-state index contributed by atoms with van der Waals surface area (Å²) < 4.78 is 0. The molecule has 0 aliphatic carbocycles. The van der Waals surface area contributed by atoms with Gasteiger partial charge in [0, 0.05) is 23.5 Å². The van der Waals surface area contributed by atoms with Gasteiger partial charge in [-0.25, -0.2) is 0 Å². The molecule has 1 aromatic heterocycles. The molecule has 0 spiro atoms. The van der Waals surface area contributed by atoms with E-state index < -0.39 is 155 Å². The van der Waals surface area contributed by atoms with E-state index in [9.17, 15) is 62.3 Å². The normalized spacial score (nSPS) is 15.0. The van der Waals surface area contributed by atoms with Crippen LogP contribution in [0, 0.1) is 35.5 Å². The van der Waals surface area contributed by atoms with E-state index in [-0.39, 0.29) is 139 Å². The Morgan fingerprint density at radius 2 is 0.496 bits per heavy atom. The highest BCUT2D eigenvalue weighted by atomic mass is 16.2. The monoisotopic (exact) mass is 1650 g/mol. The molecule has 1 heterocycles. The van der Waals surface area contributed by atoms with Crippen LogP contribution in [-0.4, -0.2) is 200 Å². The number of hydrogen-bond acceptors (Lipinski definition) is 20. The van der Waals surface area contributed by atoms with Crippen molar-refractivity contribution in [2.45, 2.75) is 322 Å². The molecule has 0 aliphatic heterocycles. The van der Waals surface area contributed by atoms with Gasteiger partial charge in [0.15, 0.2) is 0 Å². The molecule has 0 saturated carbocycles. The molecule has 34 nitrogen and oxygen atoms in total. The maximum Gasteiger partial charge on any atom is 0.243 e. The third-order valence-corrected chi connectivity index (χ3v) is 20.0. The summed E-state index contributed by atoms with van der Waals surface area (Å²) in [7, 11) is 0. The topological polar surface area (TPSA) is 590 Å². The molecule has 0 radical (unpaired) electrons. The third kappa shape index (κ3) is 41.7. The largest absolute Gasteiger partial charge is 0.368 e. The Hall–Kier alpha value is -8.41. The standard InChI is InChI=1S/C83H151N21O13/c1-49(2)41-64(71(91)105)98-80(114)67(44-52(7)8)100-77(111)63(34-20-26-40-89)96-79(113)66(43-51(5)6)104-82(116)69(46-54(11)12)101-75(109)61(32-18-24-38-87)93-73(107)59(30-16-22-36-85)95-78(112)65(42-50(3)4)103-81(115)68(45-53(9)10)102-76(110)62(33-19-25-39-88)94-74(108)60(31-17-23-37-86)97-83(117)70(99-72(106)57(90)28-15-21-35-84)47-55-48-92-58-29-14-13-27-56(55)58/h13-14,27,29,48-54,57,59-70,92H,15-26,28,30-47,84-90H2,1-12H3,(H2,91,105)(H,93,107)(H,94,108)(H,95,112)(H,96,113)(H,97,117)(H,98,114)(H,99,106)(H,100,111)(H,101,109)(H,102,110)(H,103,115)(H,104,116)/t57-,59-,60-,61-,62-,63-,64-,65-,66-,67-,68-,69-,70-/m0/s1. The van der Waals surface area contributed by atoms with Gasteiger partial charge in [0.05, 0.1) is 6.04 Å². The number of nitrogens with two attached hydrogens (primary N) is 8. The van der Waals surface area contributed by atoms with Crippen molar-refractivity contribution in [3.63, 3.8) is 0 Å². The number of aromatic nitrogens is 1. The van der Waals surface area contributed by atoms with Crippen LogP contribution in [0.5, 0.6) is 0 Å². The second-order valence-electron chi connectivity index (χ2n) is 33.8. The van der Waals surface area contributed by atoms with Crippen LogP contribution in [0.15, 0.2) is 30.5 Å². The Labute approximate surface area is 694 Å². The van der Waals surface area contributed by atoms with E-state index in [1.54, 1.807) is 6.20 Å². The lowest BCUT2D eigenvalue weighted by atomic mass is 9.98. The zero-order chi connectivity index (χ0) is 87.9. The predicted molar refractivity (Wildman–Crippen MR) is 457 cm³/mol. The van der Waals surface area contributed by atoms with Crippen molar-refractivity contribution >= 4 is 87.7 Å². The molecule has 2 aromatic rings. The first-order valence-corrected chi connectivity index (χ1v) is 42.9. The van der Waals surface area contributed by atoms with Crippen LogP contribution in [0.2, 0.25) is 0 Å². The average Bonchev–Trinajstić information content (AvgIpc) is 1.71. The van der Waals surface area contributed by atoms with Crippen molar-refractivity contribution in [3.05, 3.63) is 36.0 Å². The van der Waals surface area contributed by atoms with E-state index in [1.165, 1.54) is 0 Å². The van der Waals surface area contributed by atoms with Crippen molar-refractivity contribution in [2.75, 3.05) is 39.3 Å². The molecule has 0 aliphatic rings. The zero-order valence-corrected chi connectivity index (χ0v) is 72.2. The Bertz CT molecular complexity index is 3350. The Morgan fingerprint density at radius 1 is 0.282 bits per heavy atom. The van der Waals surface area contributed by atoms with Gasteiger partial charge in [0.25, 0.3) is 0 Å². The number of amides is 13. The molecular formula is C83H151N21O13. The minimum atomic E-state index is -1.30. The molecule has 117 heavy (non-hydrogen) atoms. The van der Waals surface area contributed by atoms with Crippen LogP contribution in [0.1, 0.15) is 243 Å². The van der Waals surface area contributed by atoms with E-state index in [2.05, 4.69) is 68.8 Å². The zero-order valence-electron chi connectivity index (χ0n) is 72.2. The molecule has 0 fully saturated rings. The fraction of sp³-hybridized carbons (Fsp3) is 0.747. The number of carbonyl (C=O) groups is 13. The summed E-state index contributed by atoms with van der Waals surface area (Å²) in [4.78, 5) is 190. The molecule has 0 bridgehead atoms. The SMILES string of the molecule is CC(C)C[C@H](NC(=O)[C@H](CC(C)C)NC(=O)[C@H](CCCCN)NC(=O)[C@H](CC(C)C)NC(=O)[C@H](CC(C)C)NC(=O)[C@H](CCCCN)NC(=O)[C@H](CCCCN)NC(=O)[C@H](CC(C)C)NC(=O)[C@H](CC(C)C)NC(=O)[C@H](CCCCN)NC(=O)[C@H](CCCCN)NC(=O)[C@H](Cc1c[nH]c2ccccc12)NC(=O)[C@@H](N)CCCCN)C(N)=O. The minimum absolute atomic E-state index is 0.00738. The van der Waals surface area contributed by atoms with Crippen LogP contribution < -0.4 is 110 Å². The first-order valence-electron chi connectivity index (χ1n) is 42.9. The number of hydrogen-bond donors (Lipinski definition) is 21. The van der Waals surface area contributed by atoms with E-state index in [0.717, 1.165) is 16.5 Å².